The minimum absolute atomic E-state index is 0.0713. The van der Waals surface area contributed by atoms with Crippen LogP contribution in [-0.2, 0) is 16.4 Å². The van der Waals surface area contributed by atoms with E-state index >= 15 is 0 Å². The highest BCUT2D eigenvalue weighted by atomic mass is 32.2. The smallest absolute Gasteiger partial charge is 0.258 e. The van der Waals surface area contributed by atoms with E-state index in [2.05, 4.69) is 10.1 Å². The fourth-order valence-corrected chi connectivity index (χ4v) is 5.14. The van der Waals surface area contributed by atoms with Gasteiger partial charge in [0.25, 0.3) is 5.89 Å². The molecule has 1 aliphatic rings. The van der Waals surface area contributed by atoms with Crippen LogP contribution in [0, 0.1) is 0 Å². The predicted octanol–water partition coefficient (Wildman–Crippen LogP) is 3.88. The SMILES string of the molecule is CCc1ccc(S(=O)(=O)N2CCC(c3noc(-c4cccc(OC)c4)n3)CC2)cc1. The van der Waals surface area contributed by atoms with Crippen molar-refractivity contribution >= 4 is 10.0 Å². The summed E-state index contributed by atoms with van der Waals surface area (Å²) >= 11 is 0. The van der Waals surface area contributed by atoms with E-state index in [4.69, 9.17) is 9.26 Å². The van der Waals surface area contributed by atoms with E-state index < -0.39 is 10.0 Å². The number of methoxy groups -OCH3 is 1. The molecule has 2 aromatic carbocycles. The number of rotatable bonds is 6. The Bertz CT molecular complexity index is 1100. The maximum atomic E-state index is 12.9. The summed E-state index contributed by atoms with van der Waals surface area (Å²) in [5.74, 6) is 1.85. The Balaban J connectivity index is 1.44. The van der Waals surface area contributed by atoms with Crippen LogP contribution in [0.15, 0.2) is 57.9 Å². The lowest BCUT2D eigenvalue weighted by molar-refractivity contribution is 0.307. The van der Waals surface area contributed by atoms with Crippen molar-refractivity contribution in [3.05, 3.63) is 59.9 Å². The molecule has 0 radical (unpaired) electrons. The number of benzene rings is 2. The summed E-state index contributed by atoms with van der Waals surface area (Å²) in [7, 11) is -1.87. The molecule has 3 aromatic rings. The summed E-state index contributed by atoms with van der Waals surface area (Å²) < 4.78 is 38.1. The summed E-state index contributed by atoms with van der Waals surface area (Å²) in [4.78, 5) is 4.89. The van der Waals surface area contributed by atoms with Crippen molar-refractivity contribution in [3.63, 3.8) is 0 Å². The van der Waals surface area contributed by atoms with Crippen molar-refractivity contribution in [3.8, 4) is 17.2 Å². The first-order valence-electron chi connectivity index (χ1n) is 10.1. The molecule has 0 spiro atoms. The highest BCUT2D eigenvalue weighted by Crippen LogP contribution is 2.31. The number of piperidine rings is 1. The van der Waals surface area contributed by atoms with Crippen LogP contribution in [0.4, 0.5) is 0 Å². The van der Waals surface area contributed by atoms with Gasteiger partial charge in [-0.25, -0.2) is 8.42 Å². The number of ether oxygens (including phenoxy) is 1. The third-order valence-corrected chi connectivity index (χ3v) is 7.46. The summed E-state index contributed by atoms with van der Waals surface area (Å²) in [6, 6.07) is 14.6. The van der Waals surface area contributed by atoms with Crippen molar-refractivity contribution in [1.29, 1.82) is 0 Å². The Hall–Kier alpha value is -2.71. The first-order valence-corrected chi connectivity index (χ1v) is 11.5. The molecular formula is C22H25N3O4S. The monoisotopic (exact) mass is 427 g/mol. The molecule has 8 heteroatoms. The third kappa shape index (κ3) is 4.11. The predicted molar refractivity (Wildman–Crippen MR) is 113 cm³/mol. The molecule has 2 heterocycles. The van der Waals surface area contributed by atoms with E-state index in [1.807, 2.05) is 43.3 Å². The topological polar surface area (TPSA) is 85.5 Å². The Morgan fingerprint density at radius 2 is 1.87 bits per heavy atom. The molecule has 1 saturated heterocycles. The molecule has 0 aliphatic carbocycles. The Morgan fingerprint density at radius 3 is 2.53 bits per heavy atom. The molecule has 1 aromatic heterocycles. The molecule has 1 fully saturated rings. The van der Waals surface area contributed by atoms with Gasteiger partial charge in [0.2, 0.25) is 10.0 Å². The Kier molecular flexibility index (Phi) is 5.87. The van der Waals surface area contributed by atoms with Gasteiger partial charge in [-0.15, -0.1) is 0 Å². The third-order valence-electron chi connectivity index (χ3n) is 5.55. The van der Waals surface area contributed by atoms with Crippen molar-refractivity contribution < 1.29 is 17.7 Å². The highest BCUT2D eigenvalue weighted by molar-refractivity contribution is 7.89. The molecule has 0 saturated carbocycles. The van der Waals surface area contributed by atoms with Crippen molar-refractivity contribution in [1.82, 2.24) is 14.4 Å². The number of hydrogen-bond donors (Lipinski definition) is 0. The van der Waals surface area contributed by atoms with Gasteiger partial charge in [-0.05, 0) is 55.2 Å². The van der Waals surface area contributed by atoms with E-state index in [9.17, 15) is 8.42 Å². The van der Waals surface area contributed by atoms with Crippen LogP contribution in [0.5, 0.6) is 5.75 Å². The van der Waals surface area contributed by atoms with E-state index in [1.54, 1.807) is 23.5 Å². The summed E-state index contributed by atoms with van der Waals surface area (Å²) in [6.07, 6.45) is 2.20. The van der Waals surface area contributed by atoms with Crippen LogP contribution < -0.4 is 4.74 Å². The van der Waals surface area contributed by atoms with Gasteiger partial charge in [-0.3, -0.25) is 0 Å². The maximum absolute atomic E-state index is 12.9. The molecule has 0 N–H and O–H groups in total. The molecule has 158 valence electrons. The standard InChI is InChI=1S/C22H25N3O4S/c1-3-16-7-9-20(10-8-16)30(26,27)25-13-11-17(12-14-25)21-23-22(29-24-21)18-5-4-6-19(15-18)28-2/h4-10,15,17H,3,11-14H2,1-2H3. The molecule has 4 rings (SSSR count). The number of hydrogen-bond acceptors (Lipinski definition) is 6. The van der Waals surface area contributed by atoms with E-state index in [-0.39, 0.29) is 5.92 Å². The van der Waals surface area contributed by atoms with Crippen LogP contribution >= 0.6 is 0 Å². The lowest BCUT2D eigenvalue weighted by Gasteiger charge is -2.29. The molecule has 1 aliphatic heterocycles. The fourth-order valence-electron chi connectivity index (χ4n) is 3.67. The number of nitrogens with zero attached hydrogens (tertiary/aromatic N) is 3. The Labute approximate surface area is 176 Å². The summed E-state index contributed by atoms with van der Waals surface area (Å²) in [5, 5.41) is 4.14. The van der Waals surface area contributed by atoms with E-state index in [0.717, 1.165) is 23.3 Å². The van der Waals surface area contributed by atoms with Gasteiger partial charge in [0.15, 0.2) is 5.82 Å². The number of sulfonamides is 1. The quantitative estimate of drug-likeness (QED) is 0.594. The van der Waals surface area contributed by atoms with Crippen LogP contribution in [0.2, 0.25) is 0 Å². The second-order valence-electron chi connectivity index (χ2n) is 7.37. The zero-order chi connectivity index (χ0) is 21.1. The van der Waals surface area contributed by atoms with Crippen LogP contribution in [0.1, 0.15) is 37.1 Å². The Morgan fingerprint density at radius 1 is 1.13 bits per heavy atom. The van der Waals surface area contributed by atoms with Crippen LogP contribution in [-0.4, -0.2) is 43.1 Å². The largest absolute Gasteiger partial charge is 0.497 e. The van der Waals surface area contributed by atoms with Gasteiger partial charge < -0.3 is 9.26 Å². The fraction of sp³-hybridized carbons (Fsp3) is 0.364. The molecule has 0 unspecified atom stereocenters. The average molecular weight is 428 g/mol. The molecule has 0 atom stereocenters. The van der Waals surface area contributed by atoms with Crippen molar-refractivity contribution in [2.75, 3.05) is 20.2 Å². The minimum Gasteiger partial charge on any atom is -0.497 e. The normalized spacial score (nSPS) is 15.9. The second kappa shape index (κ2) is 8.57. The van der Waals surface area contributed by atoms with Gasteiger partial charge in [-0.2, -0.15) is 9.29 Å². The van der Waals surface area contributed by atoms with Gasteiger partial charge in [0, 0.05) is 24.6 Å². The molecule has 0 amide bonds. The summed E-state index contributed by atoms with van der Waals surface area (Å²) in [5.41, 5.74) is 1.92. The minimum atomic E-state index is -3.48. The van der Waals surface area contributed by atoms with Gasteiger partial charge in [0.05, 0.1) is 12.0 Å². The first-order chi connectivity index (χ1) is 14.5. The molecular weight excluding hydrogens is 402 g/mol. The lowest BCUT2D eigenvalue weighted by atomic mass is 9.97. The van der Waals surface area contributed by atoms with Crippen molar-refractivity contribution in [2.45, 2.75) is 37.0 Å². The van der Waals surface area contributed by atoms with Crippen LogP contribution in [0.3, 0.4) is 0 Å². The highest BCUT2D eigenvalue weighted by Gasteiger charge is 2.31. The average Bonchev–Trinajstić information content (AvgIpc) is 3.29. The molecule has 7 nitrogen and oxygen atoms in total. The van der Waals surface area contributed by atoms with Crippen molar-refractivity contribution in [2.24, 2.45) is 0 Å². The summed E-state index contributed by atoms with van der Waals surface area (Å²) in [6.45, 7) is 2.92. The first kappa shape index (κ1) is 20.6. The zero-order valence-corrected chi connectivity index (χ0v) is 17.9. The van der Waals surface area contributed by atoms with Gasteiger partial charge in [-0.1, -0.05) is 30.3 Å². The van der Waals surface area contributed by atoms with Crippen LogP contribution in [0.25, 0.3) is 11.5 Å². The van der Waals surface area contributed by atoms with Gasteiger partial charge in [0.1, 0.15) is 5.75 Å². The zero-order valence-electron chi connectivity index (χ0n) is 17.1. The molecule has 0 bridgehead atoms. The number of aryl methyl sites for hydroxylation is 1. The molecule has 30 heavy (non-hydrogen) atoms. The van der Waals surface area contributed by atoms with E-state index in [1.165, 1.54) is 0 Å². The lowest BCUT2D eigenvalue weighted by Crippen LogP contribution is -2.38. The number of aromatic nitrogens is 2. The second-order valence-corrected chi connectivity index (χ2v) is 9.30. The van der Waals surface area contributed by atoms with Gasteiger partial charge >= 0.3 is 0 Å². The van der Waals surface area contributed by atoms with E-state index in [0.29, 0.717) is 42.5 Å². The maximum Gasteiger partial charge on any atom is 0.258 e.